The van der Waals surface area contributed by atoms with Crippen LogP contribution in [0.5, 0.6) is 11.5 Å². The highest BCUT2D eigenvalue weighted by atomic mass is 79.9. The van der Waals surface area contributed by atoms with Crippen LogP contribution < -0.4 is 15.0 Å². The maximum atomic E-state index is 13.6. The van der Waals surface area contributed by atoms with Gasteiger partial charge in [0, 0.05) is 16.0 Å². The van der Waals surface area contributed by atoms with Gasteiger partial charge in [0.25, 0.3) is 5.56 Å². The first-order chi connectivity index (χ1) is 19.9. The van der Waals surface area contributed by atoms with Crippen molar-refractivity contribution in [1.29, 1.82) is 0 Å². The molecule has 3 aromatic carbocycles. The number of nitrogens with zero attached hydrogens (tertiary/aromatic N) is 3. The van der Waals surface area contributed by atoms with E-state index in [1.54, 1.807) is 36.5 Å². The summed E-state index contributed by atoms with van der Waals surface area (Å²) in [6.45, 7) is 2.50. The molecule has 1 N–H and O–H groups in total. The van der Waals surface area contributed by atoms with Gasteiger partial charge in [-0.1, -0.05) is 43.5 Å². The standard InChI is InChI=1S/C31H29Br2N3O5/c1-2-40-25-16-22(26(32)27(33)28(25)41-18-19-12-14-21(15-13-19)31(38)39)17-34-36-29(20-8-4-3-5-9-20)35-24-11-7-6-10-23(24)30(36)37/h6-7,10-17,20H,2-5,8-9,18H2,1H3,(H,38,39). The van der Waals surface area contributed by atoms with Gasteiger partial charge in [0.05, 0.1) is 33.8 Å². The van der Waals surface area contributed by atoms with E-state index in [0.717, 1.165) is 31.2 Å². The summed E-state index contributed by atoms with van der Waals surface area (Å²) in [5.74, 6) is 0.882. The van der Waals surface area contributed by atoms with E-state index in [9.17, 15) is 9.59 Å². The smallest absolute Gasteiger partial charge is 0.335 e. The molecule has 10 heteroatoms. The lowest BCUT2D eigenvalue weighted by Gasteiger charge is -2.22. The van der Waals surface area contributed by atoms with Crippen molar-refractivity contribution >= 4 is 54.9 Å². The van der Waals surface area contributed by atoms with E-state index in [2.05, 4.69) is 37.0 Å². The zero-order valence-corrected chi connectivity index (χ0v) is 25.7. The minimum absolute atomic E-state index is 0.174. The highest BCUT2D eigenvalue weighted by Crippen LogP contribution is 2.43. The van der Waals surface area contributed by atoms with Crippen molar-refractivity contribution < 1.29 is 19.4 Å². The molecule has 1 fully saturated rings. The van der Waals surface area contributed by atoms with Gasteiger partial charge in [0.15, 0.2) is 11.5 Å². The van der Waals surface area contributed by atoms with Crippen molar-refractivity contribution in [3.63, 3.8) is 0 Å². The molecule has 1 saturated carbocycles. The van der Waals surface area contributed by atoms with Gasteiger partial charge >= 0.3 is 5.97 Å². The van der Waals surface area contributed by atoms with Crippen LogP contribution in [0.1, 0.15) is 72.3 Å². The number of hydrogen-bond acceptors (Lipinski definition) is 6. The molecule has 1 aliphatic rings. The number of carboxylic acids is 1. The number of aromatic nitrogens is 2. The van der Waals surface area contributed by atoms with Gasteiger partial charge < -0.3 is 14.6 Å². The van der Waals surface area contributed by atoms with Crippen LogP contribution in [0.2, 0.25) is 0 Å². The van der Waals surface area contributed by atoms with Crippen LogP contribution >= 0.6 is 31.9 Å². The van der Waals surface area contributed by atoms with E-state index >= 15 is 0 Å². The molecule has 0 aliphatic heterocycles. The predicted octanol–water partition coefficient (Wildman–Crippen LogP) is 7.53. The van der Waals surface area contributed by atoms with Gasteiger partial charge in [0.2, 0.25) is 0 Å². The number of fused-ring (bicyclic) bond motifs is 1. The van der Waals surface area contributed by atoms with E-state index in [-0.39, 0.29) is 23.6 Å². The third kappa shape index (κ3) is 6.38. The Morgan fingerprint density at radius 3 is 2.51 bits per heavy atom. The Balaban J connectivity index is 1.50. The Morgan fingerprint density at radius 1 is 1.07 bits per heavy atom. The topological polar surface area (TPSA) is 103 Å². The van der Waals surface area contributed by atoms with Crippen LogP contribution in [-0.2, 0) is 6.61 Å². The Bertz CT molecular complexity index is 1660. The molecule has 1 aromatic heterocycles. The van der Waals surface area contributed by atoms with Crippen LogP contribution in [0.15, 0.2) is 73.4 Å². The third-order valence-electron chi connectivity index (χ3n) is 7.10. The van der Waals surface area contributed by atoms with Gasteiger partial charge in [-0.3, -0.25) is 4.79 Å². The van der Waals surface area contributed by atoms with Crippen molar-refractivity contribution in [3.05, 3.63) is 96.4 Å². The maximum Gasteiger partial charge on any atom is 0.335 e. The molecular formula is C31H29Br2N3O5. The summed E-state index contributed by atoms with van der Waals surface area (Å²) in [5.41, 5.74) is 2.20. The molecule has 4 aromatic rings. The molecule has 0 saturated heterocycles. The normalized spacial score (nSPS) is 14.0. The number of benzene rings is 3. The lowest BCUT2D eigenvalue weighted by molar-refractivity contribution is 0.0697. The van der Waals surface area contributed by atoms with Crippen LogP contribution in [0.25, 0.3) is 10.9 Å². The first kappa shape index (κ1) is 29.0. The Labute approximate surface area is 254 Å². The van der Waals surface area contributed by atoms with E-state index in [1.807, 2.05) is 31.2 Å². The monoisotopic (exact) mass is 681 g/mol. The Hall–Kier alpha value is -3.50. The van der Waals surface area contributed by atoms with Crippen molar-refractivity contribution in [2.45, 2.75) is 51.6 Å². The second kappa shape index (κ2) is 13.0. The molecule has 212 valence electrons. The fourth-order valence-electron chi connectivity index (χ4n) is 4.99. The molecular weight excluding hydrogens is 654 g/mol. The fourth-order valence-corrected chi connectivity index (χ4v) is 5.93. The van der Waals surface area contributed by atoms with E-state index < -0.39 is 5.97 Å². The summed E-state index contributed by atoms with van der Waals surface area (Å²) < 4.78 is 14.8. The average molecular weight is 683 g/mol. The first-order valence-corrected chi connectivity index (χ1v) is 15.1. The molecule has 0 radical (unpaired) electrons. The van der Waals surface area contributed by atoms with E-state index in [1.165, 1.54) is 11.1 Å². The van der Waals surface area contributed by atoms with Crippen molar-refractivity contribution in [2.75, 3.05) is 6.61 Å². The number of ether oxygens (including phenoxy) is 2. The minimum Gasteiger partial charge on any atom is -0.490 e. The second-order valence-corrected chi connectivity index (χ2v) is 11.4. The fraction of sp³-hybridized carbons (Fsp3) is 0.290. The van der Waals surface area contributed by atoms with Crippen LogP contribution in [0, 0.1) is 0 Å². The lowest BCUT2D eigenvalue weighted by atomic mass is 9.88. The quantitative estimate of drug-likeness (QED) is 0.183. The summed E-state index contributed by atoms with van der Waals surface area (Å²) >= 11 is 7.29. The zero-order valence-electron chi connectivity index (χ0n) is 22.5. The number of aromatic carboxylic acids is 1. The molecule has 0 atom stereocenters. The predicted molar refractivity (Wildman–Crippen MR) is 166 cm³/mol. The van der Waals surface area contributed by atoms with Crippen molar-refractivity contribution in [1.82, 2.24) is 9.66 Å². The summed E-state index contributed by atoms with van der Waals surface area (Å²) in [5, 5.41) is 14.3. The molecule has 0 bridgehead atoms. The summed E-state index contributed by atoms with van der Waals surface area (Å²) in [4.78, 5) is 29.6. The van der Waals surface area contributed by atoms with E-state index in [0.29, 0.717) is 49.3 Å². The van der Waals surface area contributed by atoms with Gasteiger partial charge in [-0.25, -0.2) is 9.78 Å². The molecule has 8 nitrogen and oxygen atoms in total. The summed E-state index contributed by atoms with van der Waals surface area (Å²) in [7, 11) is 0. The highest BCUT2D eigenvalue weighted by molar-refractivity contribution is 9.13. The first-order valence-electron chi connectivity index (χ1n) is 13.5. The molecule has 1 heterocycles. The summed E-state index contributed by atoms with van der Waals surface area (Å²) in [6.07, 6.45) is 7.01. The second-order valence-electron chi connectivity index (χ2n) is 9.83. The molecule has 1 aliphatic carbocycles. The Morgan fingerprint density at radius 2 is 1.80 bits per heavy atom. The van der Waals surface area contributed by atoms with Crippen LogP contribution in [0.4, 0.5) is 0 Å². The number of para-hydroxylation sites is 1. The molecule has 0 spiro atoms. The third-order valence-corrected chi connectivity index (χ3v) is 9.24. The molecule has 0 amide bonds. The molecule has 0 unspecified atom stereocenters. The highest BCUT2D eigenvalue weighted by Gasteiger charge is 2.23. The number of rotatable bonds is 9. The Kier molecular flexibility index (Phi) is 9.19. The SMILES string of the molecule is CCOc1cc(C=Nn2c(C3CCCCC3)nc3ccccc3c2=O)c(Br)c(Br)c1OCc1ccc(C(=O)O)cc1. The van der Waals surface area contributed by atoms with Gasteiger partial charge in [0.1, 0.15) is 12.4 Å². The number of carboxylic acid groups (broad SMARTS) is 1. The largest absolute Gasteiger partial charge is 0.490 e. The van der Waals surface area contributed by atoms with Crippen molar-refractivity contribution in [3.8, 4) is 11.5 Å². The summed E-state index contributed by atoms with van der Waals surface area (Å²) in [6, 6.07) is 15.7. The van der Waals surface area contributed by atoms with Crippen LogP contribution in [-0.4, -0.2) is 33.6 Å². The maximum absolute atomic E-state index is 13.6. The number of halogens is 2. The average Bonchev–Trinajstić information content (AvgIpc) is 2.99. The van der Waals surface area contributed by atoms with Gasteiger partial charge in [-0.2, -0.15) is 9.78 Å². The van der Waals surface area contributed by atoms with Crippen LogP contribution in [0.3, 0.4) is 0 Å². The minimum atomic E-state index is -0.979. The van der Waals surface area contributed by atoms with Crippen molar-refractivity contribution in [2.24, 2.45) is 5.10 Å². The van der Waals surface area contributed by atoms with Gasteiger partial charge in [-0.15, -0.1) is 0 Å². The number of carbonyl (C=O) groups is 1. The lowest BCUT2D eigenvalue weighted by Crippen LogP contribution is -2.25. The van der Waals surface area contributed by atoms with E-state index in [4.69, 9.17) is 19.6 Å². The van der Waals surface area contributed by atoms with Gasteiger partial charge in [-0.05, 0) is 87.5 Å². The zero-order chi connectivity index (χ0) is 28.9. The molecule has 41 heavy (non-hydrogen) atoms. The number of hydrogen-bond donors (Lipinski definition) is 1. The molecule has 5 rings (SSSR count).